The molecule has 0 unspecified atom stereocenters. The molecule has 0 amide bonds. The Morgan fingerprint density at radius 2 is 1.97 bits per heavy atom. The fourth-order valence-electron chi connectivity index (χ4n) is 3.40. The van der Waals surface area contributed by atoms with Gasteiger partial charge in [-0.05, 0) is 46.5 Å². The molecule has 2 aromatic carbocycles. The van der Waals surface area contributed by atoms with E-state index in [4.69, 9.17) is 9.47 Å². The van der Waals surface area contributed by atoms with E-state index in [0.29, 0.717) is 18.1 Å². The van der Waals surface area contributed by atoms with Gasteiger partial charge in [0, 0.05) is 10.5 Å². The van der Waals surface area contributed by atoms with Crippen LogP contribution >= 0.6 is 0 Å². The number of nitrogens with zero attached hydrogens (tertiary/aromatic N) is 7. The van der Waals surface area contributed by atoms with E-state index in [1.54, 1.807) is 9.25 Å². The summed E-state index contributed by atoms with van der Waals surface area (Å²) in [5, 5.41) is 22.8. The van der Waals surface area contributed by atoms with E-state index >= 15 is 0 Å². The molecule has 1 aliphatic heterocycles. The van der Waals surface area contributed by atoms with Crippen molar-refractivity contribution >= 4 is 5.82 Å². The molecule has 156 valence electrons. The van der Waals surface area contributed by atoms with Crippen molar-refractivity contribution in [3.05, 3.63) is 70.9 Å². The first-order chi connectivity index (χ1) is 15.0. The summed E-state index contributed by atoms with van der Waals surface area (Å²) in [6.07, 6.45) is 1.37. The fourth-order valence-corrected chi connectivity index (χ4v) is 3.40. The number of tetrazole rings is 1. The van der Waals surface area contributed by atoms with Crippen LogP contribution in [0, 0.1) is 10.1 Å². The Morgan fingerprint density at radius 3 is 2.68 bits per heavy atom. The summed E-state index contributed by atoms with van der Waals surface area (Å²) in [6, 6.07) is 17.3. The summed E-state index contributed by atoms with van der Waals surface area (Å²) < 4.78 is 15.0. The third-order valence-electron chi connectivity index (χ3n) is 4.88. The van der Waals surface area contributed by atoms with Crippen LogP contribution in [-0.2, 0) is 6.54 Å². The summed E-state index contributed by atoms with van der Waals surface area (Å²) >= 11 is 0. The van der Waals surface area contributed by atoms with Crippen molar-refractivity contribution in [2.45, 2.75) is 19.1 Å². The fraction of sp³-hybridized carbons (Fsp3) is 0.200. The van der Waals surface area contributed by atoms with Crippen LogP contribution in [-0.4, -0.2) is 46.9 Å². The van der Waals surface area contributed by atoms with Crippen molar-refractivity contribution in [3.8, 4) is 28.8 Å². The van der Waals surface area contributed by atoms with E-state index in [0.717, 1.165) is 11.3 Å². The summed E-state index contributed by atoms with van der Waals surface area (Å²) in [5.74, 6) is 1.06. The van der Waals surface area contributed by atoms with Gasteiger partial charge >= 0.3 is 11.8 Å². The Kier molecular flexibility index (Phi) is 4.35. The molecule has 0 aliphatic carbocycles. The Morgan fingerprint density at radius 1 is 1.19 bits per heavy atom. The molecule has 4 aromatic rings. The van der Waals surface area contributed by atoms with Crippen LogP contribution in [0.3, 0.4) is 0 Å². The zero-order valence-electron chi connectivity index (χ0n) is 16.5. The molecule has 5 rings (SSSR count). The van der Waals surface area contributed by atoms with Gasteiger partial charge < -0.3 is 19.6 Å². The lowest BCUT2D eigenvalue weighted by atomic mass is 10.1. The number of nitro groups is 1. The van der Waals surface area contributed by atoms with Gasteiger partial charge in [0.15, 0.2) is 11.4 Å². The van der Waals surface area contributed by atoms with E-state index in [1.165, 1.54) is 6.20 Å². The first-order valence-electron chi connectivity index (χ1n) is 9.48. The summed E-state index contributed by atoms with van der Waals surface area (Å²) in [6.45, 7) is 2.53. The molecule has 2 aromatic heterocycles. The van der Waals surface area contributed by atoms with Gasteiger partial charge in [-0.2, -0.15) is 4.68 Å². The van der Waals surface area contributed by atoms with Crippen molar-refractivity contribution in [2.75, 3.05) is 6.61 Å². The lowest BCUT2D eigenvalue weighted by Crippen LogP contribution is -2.38. The van der Waals surface area contributed by atoms with Crippen LogP contribution < -0.4 is 9.47 Å². The van der Waals surface area contributed by atoms with Crippen LogP contribution in [0.15, 0.2) is 60.8 Å². The average Bonchev–Trinajstić information content (AvgIpc) is 3.47. The number of rotatable bonds is 6. The van der Waals surface area contributed by atoms with Crippen molar-refractivity contribution < 1.29 is 14.4 Å². The lowest BCUT2D eigenvalue weighted by molar-refractivity contribution is -0.389. The SMILES string of the molecule is C[C@]1(COc2ccc(-n3nnnc3-c3ccccc3)cc2)Cn2cc([N+](=O)[O-])nc2O1. The third-order valence-corrected chi connectivity index (χ3v) is 4.88. The summed E-state index contributed by atoms with van der Waals surface area (Å²) in [7, 11) is 0. The van der Waals surface area contributed by atoms with E-state index in [2.05, 4.69) is 20.5 Å². The zero-order chi connectivity index (χ0) is 21.4. The number of hydrogen-bond donors (Lipinski definition) is 0. The van der Waals surface area contributed by atoms with E-state index in [1.807, 2.05) is 61.5 Å². The Labute approximate surface area is 176 Å². The molecule has 31 heavy (non-hydrogen) atoms. The maximum absolute atomic E-state index is 10.8. The van der Waals surface area contributed by atoms with Crippen LogP contribution in [0.2, 0.25) is 0 Å². The highest BCUT2D eigenvalue weighted by Gasteiger charge is 2.41. The molecule has 0 fully saturated rings. The van der Waals surface area contributed by atoms with Gasteiger partial charge in [-0.15, -0.1) is 5.10 Å². The molecule has 11 heteroatoms. The monoisotopic (exact) mass is 419 g/mol. The van der Waals surface area contributed by atoms with Crippen molar-refractivity contribution in [3.63, 3.8) is 0 Å². The van der Waals surface area contributed by atoms with Gasteiger partial charge in [0.2, 0.25) is 0 Å². The van der Waals surface area contributed by atoms with Gasteiger partial charge in [0.25, 0.3) is 0 Å². The molecule has 0 radical (unpaired) electrons. The molecule has 0 bridgehead atoms. The maximum atomic E-state index is 10.8. The van der Waals surface area contributed by atoms with Crippen molar-refractivity contribution in [2.24, 2.45) is 0 Å². The van der Waals surface area contributed by atoms with E-state index < -0.39 is 10.5 Å². The first kappa shape index (κ1) is 18.7. The molecule has 0 saturated carbocycles. The van der Waals surface area contributed by atoms with E-state index in [-0.39, 0.29) is 18.4 Å². The predicted octanol–water partition coefficient (Wildman–Crippen LogP) is 2.66. The normalized spacial score (nSPS) is 17.2. The van der Waals surface area contributed by atoms with Crippen LogP contribution in [0.5, 0.6) is 11.8 Å². The number of hydrogen-bond acceptors (Lipinski definition) is 8. The highest BCUT2D eigenvalue weighted by Crippen LogP contribution is 2.31. The van der Waals surface area contributed by atoms with E-state index in [9.17, 15) is 10.1 Å². The quantitative estimate of drug-likeness (QED) is 0.345. The van der Waals surface area contributed by atoms with Gasteiger partial charge in [-0.25, -0.2) is 0 Å². The second-order valence-corrected chi connectivity index (χ2v) is 7.38. The number of ether oxygens (including phenoxy) is 2. The van der Waals surface area contributed by atoms with Crippen molar-refractivity contribution in [1.29, 1.82) is 0 Å². The molecule has 1 atom stereocenters. The van der Waals surface area contributed by atoms with Gasteiger partial charge in [-0.1, -0.05) is 30.3 Å². The van der Waals surface area contributed by atoms with Crippen LogP contribution in [0.4, 0.5) is 5.82 Å². The lowest BCUT2D eigenvalue weighted by Gasteiger charge is -2.22. The molecular formula is C20H17N7O4. The minimum atomic E-state index is -0.674. The molecule has 0 spiro atoms. The Bertz CT molecular complexity index is 1210. The highest BCUT2D eigenvalue weighted by atomic mass is 16.6. The topological polar surface area (TPSA) is 123 Å². The Hall–Kier alpha value is -4.28. The number of fused-ring (bicyclic) bond motifs is 1. The molecule has 11 nitrogen and oxygen atoms in total. The standard InChI is InChI=1S/C20H17N7O4/c1-20(12-25-11-17(27(28)29)21-19(25)31-20)13-30-16-9-7-15(8-10-16)26-18(22-23-24-26)14-5-3-2-4-6-14/h2-11H,12-13H2,1H3/t20-/m1/s1. The summed E-state index contributed by atoms with van der Waals surface area (Å²) in [4.78, 5) is 14.2. The highest BCUT2D eigenvalue weighted by molar-refractivity contribution is 5.57. The smallest absolute Gasteiger partial charge is 0.415 e. The predicted molar refractivity (Wildman–Crippen MR) is 108 cm³/mol. The number of aromatic nitrogens is 6. The molecule has 0 N–H and O–H groups in total. The third kappa shape index (κ3) is 3.56. The minimum Gasteiger partial charge on any atom is -0.489 e. The molecule has 3 heterocycles. The maximum Gasteiger partial charge on any atom is 0.415 e. The minimum absolute atomic E-state index is 0.222. The van der Waals surface area contributed by atoms with Crippen LogP contribution in [0.1, 0.15) is 6.92 Å². The number of imidazole rings is 1. The second kappa shape index (κ2) is 7.20. The van der Waals surface area contributed by atoms with Gasteiger partial charge in [0.1, 0.15) is 18.6 Å². The largest absolute Gasteiger partial charge is 0.489 e. The second-order valence-electron chi connectivity index (χ2n) is 7.38. The molecular weight excluding hydrogens is 402 g/mol. The Balaban J connectivity index is 1.26. The van der Waals surface area contributed by atoms with Gasteiger partial charge in [-0.3, -0.25) is 4.57 Å². The van der Waals surface area contributed by atoms with Crippen molar-refractivity contribution in [1.82, 2.24) is 29.8 Å². The van der Waals surface area contributed by atoms with Crippen LogP contribution in [0.25, 0.3) is 17.1 Å². The molecule has 0 saturated heterocycles. The zero-order valence-corrected chi connectivity index (χ0v) is 16.5. The van der Waals surface area contributed by atoms with Gasteiger partial charge in [0.05, 0.1) is 12.2 Å². The first-order valence-corrected chi connectivity index (χ1v) is 9.48. The molecule has 1 aliphatic rings. The summed E-state index contributed by atoms with van der Waals surface area (Å²) in [5.41, 5.74) is 1.04. The number of benzene rings is 2. The average molecular weight is 419 g/mol.